The van der Waals surface area contributed by atoms with E-state index in [9.17, 15) is 13.6 Å². The summed E-state index contributed by atoms with van der Waals surface area (Å²) in [6.07, 6.45) is -1.99. The largest absolute Gasteiger partial charge is 0.586 e. The van der Waals surface area contributed by atoms with Crippen LogP contribution in [0.1, 0.15) is 6.92 Å². The topological polar surface area (TPSA) is 72.5 Å². The van der Waals surface area contributed by atoms with Gasteiger partial charge in [0, 0.05) is 23.3 Å². The lowest BCUT2D eigenvalue weighted by Crippen LogP contribution is -2.31. The summed E-state index contributed by atoms with van der Waals surface area (Å²) in [5, 5.41) is 6.64. The Hall–Kier alpha value is -3.42. The van der Waals surface area contributed by atoms with Gasteiger partial charge in [-0.2, -0.15) is 0 Å². The number of halogens is 2. The molecule has 4 rings (SSSR count). The van der Waals surface area contributed by atoms with Crippen LogP contribution in [0.3, 0.4) is 0 Å². The predicted molar refractivity (Wildman–Crippen MR) is 96.1 cm³/mol. The van der Waals surface area contributed by atoms with Crippen LogP contribution in [0, 0.1) is 0 Å². The highest BCUT2D eigenvalue weighted by atomic mass is 19.3. The van der Waals surface area contributed by atoms with Gasteiger partial charge in [0.2, 0.25) is 5.91 Å². The van der Waals surface area contributed by atoms with Gasteiger partial charge in [0.25, 0.3) is 0 Å². The van der Waals surface area contributed by atoms with Crippen LogP contribution in [0.25, 0.3) is 10.9 Å². The number of aromatic nitrogens is 1. The highest BCUT2D eigenvalue weighted by molar-refractivity contribution is 6.03. The normalized spacial score (nSPS) is 15.4. The number of hydrogen-bond donors (Lipinski definition) is 2. The molecule has 1 amide bonds. The van der Waals surface area contributed by atoms with Crippen molar-refractivity contribution in [1.29, 1.82) is 0 Å². The van der Waals surface area contributed by atoms with E-state index < -0.39 is 12.3 Å². The third kappa shape index (κ3) is 3.46. The number of carbonyl (C=O) groups is 1. The van der Waals surface area contributed by atoms with E-state index in [0.717, 1.165) is 10.9 Å². The minimum Gasteiger partial charge on any atom is -0.395 e. The Balaban J connectivity index is 1.47. The van der Waals surface area contributed by atoms with Crippen LogP contribution in [0.5, 0.6) is 11.5 Å². The van der Waals surface area contributed by atoms with E-state index in [2.05, 4.69) is 25.1 Å². The van der Waals surface area contributed by atoms with E-state index in [1.165, 1.54) is 18.2 Å². The lowest BCUT2D eigenvalue weighted by molar-refractivity contribution is -0.286. The van der Waals surface area contributed by atoms with Gasteiger partial charge in [-0.25, -0.2) is 0 Å². The molecule has 8 heteroatoms. The first-order chi connectivity index (χ1) is 12.9. The van der Waals surface area contributed by atoms with Gasteiger partial charge >= 0.3 is 6.29 Å². The molecule has 1 atom stereocenters. The van der Waals surface area contributed by atoms with Gasteiger partial charge in [-0.1, -0.05) is 6.07 Å². The lowest BCUT2D eigenvalue weighted by Gasteiger charge is -2.16. The third-order valence-electron chi connectivity index (χ3n) is 4.08. The zero-order chi connectivity index (χ0) is 19.0. The second kappa shape index (κ2) is 6.39. The zero-order valence-corrected chi connectivity index (χ0v) is 14.2. The smallest absolute Gasteiger partial charge is 0.395 e. The summed E-state index contributed by atoms with van der Waals surface area (Å²) in [6.45, 7) is 1.66. The predicted octanol–water partition coefficient (Wildman–Crippen LogP) is 4.00. The van der Waals surface area contributed by atoms with Crippen LogP contribution < -0.4 is 20.1 Å². The number of nitrogens with one attached hydrogen (secondary N) is 2. The number of nitrogens with zero attached hydrogens (tertiary/aromatic N) is 1. The molecule has 2 aromatic carbocycles. The first kappa shape index (κ1) is 17.0. The molecule has 0 saturated carbocycles. The Morgan fingerprint density at radius 2 is 1.93 bits per heavy atom. The molecular formula is C19H15F2N3O3. The van der Waals surface area contributed by atoms with Gasteiger partial charge in [-0.3, -0.25) is 9.78 Å². The number of alkyl halides is 2. The summed E-state index contributed by atoms with van der Waals surface area (Å²) >= 11 is 0. The summed E-state index contributed by atoms with van der Waals surface area (Å²) in [6, 6.07) is 12.7. The summed E-state index contributed by atoms with van der Waals surface area (Å²) in [4.78, 5) is 16.8. The van der Waals surface area contributed by atoms with Crippen LogP contribution in [0.15, 0.2) is 54.7 Å². The molecule has 27 heavy (non-hydrogen) atoms. The van der Waals surface area contributed by atoms with Crippen molar-refractivity contribution in [2.45, 2.75) is 19.3 Å². The van der Waals surface area contributed by atoms with Crippen molar-refractivity contribution in [2.24, 2.45) is 0 Å². The zero-order valence-electron chi connectivity index (χ0n) is 14.2. The van der Waals surface area contributed by atoms with Crippen molar-refractivity contribution in [1.82, 2.24) is 4.98 Å². The number of fused-ring (bicyclic) bond motifs is 2. The van der Waals surface area contributed by atoms with Gasteiger partial charge in [0.1, 0.15) is 6.04 Å². The molecule has 0 saturated heterocycles. The fourth-order valence-electron chi connectivity index (χ4n) is 2.81. The molecule has 2 N–H and O–H groups in total. The third-order valence-corrected chi connectivity index (χ3v) is 4.08. The maximum Gasteiger partial charge on any atom is 0.586 e. The lowest BCUT2D eigenvalue weighted by atomic mass is 10.1. The number of carbonyl (C=O) groups excluding carboxylic acids is 1. The molecule has 0 bridgehead atoms. The van der Waals surface area contributed by atoms with Crippen molar-refractivity contribution < 1.29 is 23.0 Å². The highest BCUT2D eigenvalue weighted by Crippen LogP contribution is 2.42. The molecule has 0 aliphatic carbocycles. The summed E-state index contributed by atoms with van der Waals surface area (Å²) < 4.78 is 35.0. The van der Waals surface area contributed by atoms with Crippen LogP contribution in [-0.2, 0) is 4.79 Å². The van der Waals surface area contributed by atoms with Crippen LogP contribution in [-0.4, -0.2) is 23.2 Å². The Labute approximate surface area is 153 Å². The molecule has 1 aliphatic heterocycles. The van der Waals surface area contributed by atoms with Crippen LogP contribution >= 0.6 is 0 Å². The molecule has 0 radical (unpaired) electrons. The van der Waals surface area contributed by atoms with Crippen molar-refractivity contribution in [3.63, 3.8) is 0 Å². The molecule has 1 unspecified atom stereocenters. The number of ether oxygens (including phenoxy) is 2. The number of pyridine rings is 1. The van der Waals surface area contributed by atoms with Crippen molar-refractivity contribution >= 4 is 28.2 Å². The molecule has 6 nitrogen and oxygen atoms in total. The number of hydrogen-bond acceptors (Lipinski definition) is 5. The number of anilines is 2. The Kier molecular flexibility index (Phi) is 4.02. The minimum atomic E-state index is -3.67. The van der Waals surface area contributed by atoms with E-state index >= 15 is 0 Å². The molecular weight excluding hydrogens is 356 g/mol. The van der Waals surface area contributed by atoms with Gasteiger partial charge in [-0.05, 0) is 43.3 Å². The molecule has 1 aromatic heterocycles. The maximum atomic E-state index is 13.1. The standard InChI is InChI=1S/C19H15F2N3O3/c1-11(23-12-7-8-16-17(10-12)27-19(20,21)26-16)18(25)24-15-6-2-5-14-13(15)4-3-9-22-14/h2-11,23H,1H3,(H,24,25). The number of rotatable bonds is 4. The Morgan fingerprint density at radius 3 is 2.78 bits per heavy atom. The SMILES string of the molecule is CC(Nc1ccc2c(c1)OC(F)(F)O2)C(=O)Nc1cccc2ncccc12. The van der Waals surface area contributed by atoms with E-state index in [-0.39, 0.29) is 17.4 Å². The average Bonchev–Trinajstić information content (AvgIpc) is 2.95. The van der Waals surface area contributed by atoms with E-state index in [4.69, 9.17) is 0 Å². The Bertz CT molecular complexity index is 1020. The first-order valence-electron chi connectivity index (χ1n) is 8.22. The second-order valence-corrected chi connectivity index (χ2v) is 6.06. The highest BCUT2D eigenvalue weighted by Gasteiger charge is 2.43. The van der Waals surface area contributed by atoms with Gasteiger partial charge in [0.05, 0.1) is 11.2 Å². The second-order valence-electron chi connectivity index (χ2n) is 6.06. The van der Waals surface area contributed by atoms with Gasteiger partial charge in [-0.15, -0.1) is 8.78 Å². The summed E-state index contributed by atoms with van der Waals surface area (Å²) in [5.74, 6) is -0.419. The molecule has 0 fully saturated rings. The number of benzene rings is 2. The molecule has 1 aliphatic rings. The molecule has 2 heterocycles. The fraction of sp³-hybridized carbons (Fsp3) is 0.158. The summed E-state index contributed by atoms with van der Waals surface area (Å²) in [7, 11) is 0. The van der Waals surface area contributed by atoms with Crippen molar-refractivity contribution in [3.05, 3.63) is 54.7 Å². The first-order valence-corrected chi connectivity index (χ1v) is 8.22. The molecule has 138 valence electrons. The van der Waals surface area contributed by atoms with E-state index in [1.54, 1.807) is 31.3 Å². The Morgan fingerprint density at radius 1 is 1.11 bits per heavy atom. The van der Waals surface area contributed by atoms with Crippen molar-refractivity contribution in [2.75, 3.05) is 10.6 Å². The maximum absolute atomic E-state index is 13.1. The fourth-order valence-corrected chi connectivity index (χ4v) is 2.81. The van der Waals surface area contributed by atoms with E-state index in [0.29, 0.717) is 11.4 Å². The van der Waals surface area contributed by atoms with E-state index in [1.807, 2.05) is 12.1 Å². The summed E-state index contributed by atoms with van der Waals surface area (Å²) in [5.41, 5.74) is 1.87. The van der Waals surface area contributed by atoms with Crippen molar-refractivity contribution in [3.8, 4) is 11.5 Å². The average molecular weight is 371 g/mol. The van der Waals surface area contributed by atoms with Gasteiger partial charge < -0.3 is 20.1 Å². The van der Waals surface area contributed by atoms with Gasteiger partial charge in [0.15, 0.2) is 11.5 Å². The quantitative estimate of drug-likeness (QED) is 0.725. The molecule has 0 spiro atoms. The monoisotopic (exact) mass is 371 g/mol. The number of amides is 1. The minimum absolute atomic E-state index is 0.0501. The van der Waals surface area contributed by atoms with Crippen LogP contribution in [0.4, 0.5) is 20.2 Å². The van der Waals surface area contributed by atoms with Crippen LogP contribution in [0.2, 0.25) is 0 Å². The molecule has 3 aromatic rings.